The molecule has 14 heavy (non-hydrogen) atoms. The molecule has 0 spiro atoms. The smallest absolute Gasteiger partial charge is 0.333 e. The summed E-state index contributed by atoms with van der Waals surface area (Å²) in [6.45, 7) is 6.46. The van der Waals surface area contributed by atoms with E-state index in [1.807, 2.05) is 13.8 Å². The van der Waals surface area contributed by atoms with Crippen LogP contribution >= 0.6 is 0 Å². The van der Waals surface area contributed by atoms with Crippen LogP contribution in [-0.2, 0) is 9.53 Å². The van der Waals surface area contributed by atoms with Crippen molar-refractivity contribution in [3.8, 4) is 0 Å². The predicted octanol–water partition coefficient (Wildman–Crippen LogP) is 3.08. The van der Waals surface area contributed by atoms with Crippen LogP contribution in [0.15, 0.2) is 11.1 Å². The number of carbonyl (C=O) groups is 1. The summed E-state index contributed by atoms with van der Waals surface area (Å²) in [6, 6.07) is 0. The Hall–Kier alpha value is -0.790. The molecule has 80 valence electrons. The lowest BCUT2D eigenvalue weighted by Gasteiger charge is -2.22. The Morgan fingerprint density at radius 3 is 2.86 bits per heavy atom. The van der Waals surface area contributed by atoms with Crippen LogP contribution in [0.2, 0.25) is 0 Å². The third-order valence-corrected chi connectivity index (χ3v) is 2.88. The van der Waals surface area contributed by atoms with E-state index in [1.54, 1.807) is 0 Å². The maximum absolute atomic E-state index is 11.5. The molecule has 1 saturated carbocycles. The lowest BCUT2D eigenvalue weighted by Crippen LogP contribution is -2.12. The van der Waals surface area contributed by atoms with E-state index < -0.39 is 0 Å². The molecule has 1 rings (SSSR count). The Kier molecular flexibility index (Phi) is 4.18. The number of allylic oxidation sites excluding steroid dienone is 1. The summed E-state index contributed by atoms with van der Waals surface area (Å²) in [4.78, 5) is 11.5. The summed E-state index contributed by atoms with van der Waals surface area (Å²) < 4.78 is 5.00. The van der Waals surface area contributed by atoms with E-state index in [0.717, 1.165) is 24.3 Å². The van der Waals surface area contributed by atoms with Crippen LogP contribution in [0.3, 0.4) is 0 Å². The monoisotopic (exact) mass is 196 g/mol. The van der Waals surface area contributed by atoms with E-state index in [9.17, 15) is 4.79 Å². The van der Waals surface area contributed by atoms with Gasteiger partial charge in [-0.2, -0.15) is 0 Å². The first-order valence-corrected chi connectivity index (χ1v) is 5.50. The van der Waals surface area contributed by atoms with Gasteiger partial charge < -0.3 is 4.74 Å². The van der Waals surface area contributed by atoms with E-state index in [1.165, 1.54) is 18.4 Å². The molecular formula is C12H20O2. The fourth-order valence-corrected chi connectivity index (χ4v) is 2.01. The molecule has 1 fully saturated rings. The van der Waals surface area contributed by atoms with Crippen molar-refractivity contribution in [1.29, 1.82) is 0 Å². The maximum atomic E-state index is 11.5. The fourth-order valence-electron chi connectivity index (χ4n) is 2.01. The quantitative estimate of drug-likeness (QED) is 0.501. The highest BCUT2D eigenvalue weighted by molar-refractivity contribution is 5.88. The van der Waals surface area contributed by atoms with Gasteiger partial charge in [-0.15, -0.1) is 0 Å². The molecule has 1 unspecified atom stereocenters. The molecule has 0 aromatic rings. The zero-order valence-electron chi connectivity index (χ0n) is 9.43. The van der Waals surface area contributed by atoms with Crippen molar-refractivity contribution in [1.82, 2.24) is 0 Å². The molecule has 0 aromatic carbocycles. The van der Waals surface area contributed by atoms with Crippen LogP contribution in [0.1, 0.15) is 46.5 Å². The average molecular weight is 196 g/mol. The van der Waals surface area contributed by atoms with Crippen LogP contribution in [0, 0.1) is 5.92 Å². The maximum Gasteiger partial charge on any atom is 0.333 e. The highest BCUT2D eigenvalue weighted by atomic mass is 16.5. The van der Waals surface area contributed by atoms with Crippen LogP contribution in [-0.4, -0.2) is 12.6 Å². The van der Waals surface area contributed by atoms with Crippen molar-refractivity contribution in [2.24, 2.45) is 5.92 Å². The molecule has 0 heterocycles. The highest BCUT2D eigenvalue weighted by Crippen LogP contribution is 2.30. The predicted molar refractivity (Wildman–Crippen MR) is 57.0 cm³/mol. The summed E-state index contributed by atoms with van der Waals surface area (Å²) in [5.41, 5.74) is 2.15. The Bertz CT molecular complexity index is 241. The van der Waals surface area contributed by atoms with E-state index in [2.05, 4.69) is 6.92 Å². The van der Waals surface area contributed by atoms with Gasteiger partial charge in [0, 0.05) is 5.57 Å². The lowest BCUT2D eigenvalue weighted by molar-refractivity contribution is -0.138. The van der Waals surface area contributed by atoms with E-state index in [-0.39, 0.29) is 5.97 Å². The Morgan fingerprint density at radius 1 is 1.57 bits per heavy atom. The van der Waals surface area contributed by atoms with Crippen LogP contribution < -0.4 is 0 Å². The topological polar surface area (TPSA) is 26.3 Å². The summed E-state index contributed by atoms with van der Waals surface area (Å²) in [7, 11) is 0. The molecule has 0 saturated heterocycles. The molecule has 0 aromatic heterocycles. The van der Waals surface area contributed by atoms with Crippen LogP contribution in [0.25, 0.3) is 0 Å². The molecule has 1 atom stereocenters. The number of hydrogen-bond donors (Lipinski definition) is 0. The van der Waals surface area contributed by atoms with Crippen molar-refractivity contribution in [2.75, 3.05) is 6.61 Å². The zero-order valence-corrected chi connectivity index (χ0v) is 9.43. The molecule has 2 heteroatoms. The molecule has 0 aliphatic heterocycles. The first kappa shape index (κ1) is 11.3. The van der Waals surface area contributed by atoms with Gasteiger partial charge in [-0.1, -0.05) is 18.9 Å². The van der Waals surface area contributed by atoms with Crippen molar-refractivity contribution < 1.29 is 9.53 Å². The van der Waals surface area contributed by atoms with Gasteiger partial charge in [0.2, 0.25) is 0 Å². The fraction of sp³-hybridized carbons (Fsp3) is 0.750. The second kappa shape index (κ2) is 5.18. The van der Waals surface area contributed by atoms with E-state index >= 15 is 0 Å². The molecule has 2 nitrogen and oxygen atoms in total. The Morgan fingerprint density at radius 2 is 2.29 bits per heavy atom. The number of hydrogen-bond acceptors (Lipinski definition) is 2. The Balaban J connectivity index is 2.66. The van der Waals surface area contributed by atoms with Gasteiger partial charge in [-0.3, -0.25) is 0 Å². The van der Waals surface area contributed by atoms with Crippen LogP contribution in [0.4, 0.5) is 0 Å². The molecule has 0 bridgehead atoms. The molecule has 0 N–H and O–H groups in total. The highest BCUT2D eigenvalue weighted by Gasteiger charge is 2.18. The minimum atomic E-state index is -0.128. The summed E-state index contributed by atoms with van der Waals surface area (Å²) in [6.07, 6.45) is 4.66. The largest absolute Gasteiger partial charge is 0.463 e. The lowest BCUT2D eigenvalue weighted by atomic mass is 9.84. The Labute approximate surface area is 86.3 Å². The number of ether oxygens (including phenoxy) is 1. The van der Waals surface area contributed by atoms with Gasteiger partial charge in [-0.25, -0.2) is 4.79 Å². The third-order valence-electron chi connectivity index (χ3n) is 2.88. The SMILES string of the molecule is CCOC(=O)C(C)=C1CCCC(C)C1. The summed E-state index contributed by atoms with van der Waals surface area (Å²) in [5.74, 6) is 0.597. The minimum Gasteiger partial charge on any atom is -0.463 e. The van der Waals surface area contributed by atoms with Crippen LogP contribution in [0.5, 0.6) is 0 Å². The summed E-state index contributed by atoms with van der Waals surface area (Å²) in [5, 5.41) is 0. The van der Waals surface area contributed by atoms with Gasteiger partial charge in [0.25, 0.3) is 0 Å². The van der Waals surface area contributed by atoms with Gasteiger partial charge >= 0.3 is 5.97 Å². The first-order chi connectivity index (χ1) is 6.65. The second-order valence-electron chi connectivity index (χ2n) is 4.15. The van der Waals surface area contributed by atoms with Crippen molar-refractivity contribution in [3.63, 3.8) is 0 Å². The normalized spacial score (nSPS) is 25.8. The van der Waals surface area contributed by atoms with Crippen molar-refractivity contribution >= 4 is 5.97 Å². The van der Waals surface area contributed by atoms with Gasteiger partial charge in [0.15, 0.2) is 0 Å². The minimum absolute atomic E-state index is 0.128. The standard InChI is InChI=1S/C12H20O2/c1-4-14-12(13)10(3)11-7-5-6-9(2)8-11/h9H,4-8H2,1-3H3. The molecular weight excluding hydrogens is 176 g/mol. The van der Waals surface area contributed by atoms with Gasteiger partial charge in [0.05, 0.1) is 6.61 Å². The van der Waals surface area contributed by atoms with Crippen molar-refractivity contribution in [2.45, 2.75) is 46.5 Å². The zero-order chi connectivity index (χ0) is 10.6. The molecule has 0 radical (unpaired) electrons. The molecule has 0 amide bonds. The number of rotatable bonds is 2. The summed E-state index contributed by atoms with van der Waals surface area (Å²) >= 11 is 0. The van der Waals surface area contributed by atoms with Crippen molar-refractivity contribution in [3.05, 3.63) is 11.1 Å². The number of carbonyl (C=O) groups excluding carboxylic acids is 1. The third kappa shape index (κ3) is 2.86. The molecule has 1 aliphatic rings. The van der Waals surface area contributed by atoms with Gasteiger partial charge in [0.1, 0.15) is 0 Å². The second-order valence-corrected chi connectivity index (χ2v) is 4.15. The number of esters is 1. The molecule has 1 aliphatic carbocycles. The van der Waals surface area contributed by atoms with Gasteiger partial charge in [-0.05, 0) is 39.0 Å². The first-order valence-electron chi connectivity index (χ1n) is 5.50. The van der Waals surface area contributed by atoms with E-state index in [0.29, 0.717) is 6.61 Å². The van der Waals surface area contributed by atoms with E-state index in [4.69, 9.17) is 4.74 Å². The average Bonchev–Trinajstić information content (AvgIpc) is 2.17.